The number of hydrogen-bond acceptors (Lipinski definition) is 8. The molecule has 0 aliphatic carbocycles. The summed E-state index contributed by atoms with van der Waals surface area (Å²) in [6.07, 6.45) is 0. The molecule has 15 heteroatoms. The van der Waals surface area contributed by atoms with Gasteiger partial charge in [0.1, 0.15) is 0 Å². The van der Waals surface area contributed by atoms with E-state index in [9.17, 15) is 0 Å². The topological polar surface area (TPSA) is 255 Å². The van der Waals surface area contributed by atoms with Crippen LogP contribution < -0.4 is 0 Å². The van der Waals surface area contributed by atoms with Gasteiger partial charge < -0.3 is 34.6 Å². The summed E-state index contributed by atoms with van der Waals surface area (Å²) >= 11 is 0. The second-order valence-electron chi connectivity index (χ2n) is 0.816. The maximum atomic E-state index is 8.52. The molecule has 0 saturated heterocycles. The molecule has 0 aliphatic rings. The van der Waals surface area contributed by atoms with Crippen molar-refractivity contribution >= 4 is 96.3 Å². The van der Waals surface area contributed by atoms with E-state index in [-0.39, 0.29) is 91.9 Å². The van der Waals surface area contributed by atoms with Crippen molar-refractivity contribution in [1.29, 1.82) is 0 Å². The second-order valence-corrected chi connectivity index (χ2v) is 2.45. The summed E-state index contributed by atoms with van der Waals surface area (Å²) in [5.74, 6) is 0. The van der Waals surface area contributed by atoms with Crippen LogP contribution in [-0.2, 0) is 20.8 Å². The van der Waals surface area contributed by atoms with E-state index in [4.69, 9.17) is 35.0 Å². The van der Waals surface area contributed by atoms with Crippen molar-refractivity contribution in [2.45, 2.75) is 0 Å². The SMILES string of the molecule is O.O.O.O=S(=O)([O-])[O-].O=S(=O)([O-])[O-].[Ca+2].[Ca+2]. The molecule has 0 aromatic carbocycles. The average molecular weight is 326 g/mol. The molecule has 11 nitrogen and oxygen atoms in total. The normalized spacial score (nSPS) is 7.73. The van der Waals surface area contributed by atoms with Gasteiger partial charge in [0.05, 0.1) is 0 Å². The third kappa shape index (κ3) is 705. The average Bonchev–Trinajstić information content (AvgIpc) is 1.12. The second kappa shape index (κ2) is 18.5. The van der Waals surface area contributed by atoms with Crippen molar-refractivity contribution in [2.75, 3.05) is 0 Å². The molecule has 0 aromatic heterocycles. The third-order valence-corrected chi connectivity index (χ3v) is 0. The number of hydrogen-bond donors (Lipinski definition) is 0. The zero-order valence-electron chi connectivity index (χ0n) is 7.00. The summed E-state index contributed by atoms with van der Waals surface area (Å²) in [4.78, 5) is 0. The summed E-state index contributed by atoms with van der Waals surface area (Å²) in [6.45, 7) is 0. The van der Waals surface area contributed by atoms with Gasteiger partial charge in [0.2, 0.25) is 0 Å². The van der Waals surface area contributed by atoms with Gasteiger partial charge in [-0.25, -0.2) is 0 Å². The van der Waals surface area contributed by atoms with E-state index >= 15 is 0 Å². The Hall–Kier alpha value is 2.14. The Morgan fingerprint density at radius 2 is 0.533 bits per heavy atom. The predicted octanol–water partition coefficient (Wildman–Crippen LogP) is -5.91. The molecule has 0 atom stereocenters. The minimum absolute atomic E-state index is 0. The van der Waals surface area contributed by atoms with Crippen LogP contribution >= 0.6 is 0 Å². The first-order chi connectivity index (χ1) is 4.00. The quantitative estimate of drug-likeness (QED) is 0.234. The molecular formula is H6Ca2O11S2. The molecule has 0 fully saturated rings. The molecule has 15 heavy (non-hydrogen) atoms. The molecular weight excluding hydrogens is 320 g/mol. The molecule has 0 radical (unpaired) electrons. The summed E-state index contributed by atoms with van der Waals surface area (Å²) in [6, 6.07) is 0. The van der Waals surface area contributed by atoms with Crippen LogP contribution in [0, 0.1) is 0 Å². The van der Waals surface area contributed by atoms with Crippen LogP contribution in [0.2, 0.25) is 0 Å². The number of rotatable bonds is 0. The molecule has 0 amide bonds. The Balaban J connectivity index is -0.0000000128. The minimum Gasteiger partial charge on any atom is -0.759 e. The van der Waals surface area contributed by atoms with Crippen molar-refractivity contribution in [3.8, 4) is 0 Å². The fourth-order valence-corrected chi connectivity index (χ4v) is 0. The Labute approximate surface area is 145 Å². The molecule has 0 unspecified atom stereocenters. The van der Waals surface area contributed by atoms with E-state index in [1.165, 1.54) is 0 Å². The molecule has 0 heterocycles. The minimum atomic E-state index is -5.17. The summed E-state index contributed by atoms with van der Waals surface area (Å²) in [5.41, 5.74) is 0. The zero-order valence-corrected chi connectivity index (χ0v) is 13.0. The largest absolute Gasteiger partial charge is 2.00 e. The third-order valence-electron chi connectivity index (χ3n) is 0. The monoisotopic (exact) mass is 326 g/mol. The van der Waals surface area contributed by atoms with E-state index in [1.54, 1.807) is 0 Å². The van der Waals surface area contributed by atoms with Crippen LogP contribution in [-0.4, -0.2) is 127 Å². The van der Waals surface area contributed by atoms with Crippen LogP contribution in [0.4, 0.5) is 0 Å². The first-order valence-electron chi connectivity index (χ1n) is 1.33. The Morgan fingerprint density at radius 1 is 0.533 bits per heavy atom. The van der Waals surface area contributed by atoms with E-state index in [0.717, 1.165) is 0 Å². The molecule has 0 rings (SSSR count). The molecule has 88 valence electrons. The zero-order chi connectivity index (χ0) is 9.00. The van der Waals surface area contributed by atoms with E-state index in [0.29, 0.717) is 0 Å². The molecule has 0 aromatic rings. The maximum Gasteiger partial charge on any atom is 2.00 e. The van der Waals surface area contributed by atoms with Crippen LogP contribution in [0.25, 0.3) is 0 Å². The molecule has 0 saturated carbocycles. The van der Waals surface area contributed by atoms with Gasteiger partial charge >= 0.3 is 75.5 Å². The first kappa shape index (κ1) is 43.4. The molecule has 0 spiro atoms. The van der Waals surface area contributed by atoms with Gasteiger partial charge in [0.25, 0.3) is 0 Å². The van der Waals surface area contributed by atoms with E-state index in [1.807, 2.05) is 0 Å². The van der Waals surface area contributed by atoms with Crippen molar-refractivity contribution in [3.05, 3.63) is 0 Å². The van der Waals surface area contributed by atoms with E-state index < -0.39 is 20.8 Å². The fraction of sp³-hybridized carbons (Fsp3) is 0. The predicted molar refractivity (Wildman–Crippen MR) is 43.3 cm³/mol. The van der Waals surface area contributed by atoms with Gasteiger partial charge in [0.15, 0.2) is 0 Å². The van der Waals surface area contributed by atoms with Gasteiger partial charge in [-0.2, -0.15) is 0 Å². The standard InChI is InChI=1S/2Ca.2H2O4S.3H2O/c;;2*1-5(2,3)4;;;/h;;2*(H2,1,2,3,4);3*1H2/q2*+2;;;;;/p-4. The smallest absolute Gasteiger partial charge is 0.759 e. The fourth-order valence-electron chi connectivity index (χ4n) is 0. The van der Waals surface area contributed by atoms with Crippen LogP contribution in [0.3, 0.4) is 0 Å². The van der Waals surface area contributed by atoms with Crippen LogP contribution in [0.1, 0.15) is 0 Å². The van der Waals surface area contributed by atoms with Gasteiger partial charge in [-0.05, 0) is 0 Å². The van der Waals surface area contributed by atoms with Gasteiger partial charge in [0, 0.05) is 20.8 Å². The molecule has 6 N–H and O–H groups in total. The summed E-state index contributed by atoms with van der Waals surface area (Å²) in [5, 5.41) is 0. The summed E-state index contributed by atoms with van der Waals surface area (Å²) in [7, 11) is -10.3. The van der Waals surface area contributed by atoms with Crippen molar-refractivity contribution in [3.63, 3.8) is 0 Å². The molecule has 0 aliphatic heterocycles. The van der Waals surface area contributed by atoms with Crippen LogP contribution in [0.5, 0.6) is 0 Å². The van der Waals surface area contributed by atoms with Crippen molar-refractivity contribution in [2.24, 2.45) is 0 Å². The van der Waals surface area contributed by atoms with Crippen molar-refractivity contribution < 1.29 is 51.5 Å². The van der Waals surface area contributed by atoms with Gasteiger partial charge in [-0.3, -0.25) is 16.8 Å². The molecule has 0 bridgehead atoms. The Bertz CT molecular complexity index is 213. The van der Waals surface area contributed by atoms with Crippen molar-refractivity contribution in [1.82, 2.24) is 0 Å². The summed E-state index contributed by atoms with van der Waals surface area (Å²) < 4.78 is 68.2. The van der Waals surface area contributed by atoms with Gasteiger partial charge in [-0.1, -0.05) is 0 Å². The first-order valence-corrected chi connectivity index (χ1v) is 4.00. The van der Waals surface area contributed by atoms with Crippen LogP contribution in [0.15, 0.2) is 0 Å². The van der Waals surface area contributed by atoms with Gasteiger partial charge in [-0.15, -0.1) is 0 Å². The Morgan fingerprint density at radius 3 is 0.533 bits per heavy atom. The Kier molecular flexibility index (Phi) is 53.6. The maximum absolute atomic E-state index is 8.52. The van der Waals surface area contributed by atoms with E-state index in [2.05, 4.69) is 0 Å².